The maximum Gasteiger partial charge on any atom is 0.231 e. The van der Waals surface area contributed by atoms with Gasteiger partial charge in [-0.2, -0.15) is 0 Å². The van der Waals surface area contributed by atoms with Crippen molar-refractivity contribution in [2.45, 2.75) is 31.9 Å². The predicted molar refractivity (Wildman–Crippen MR) is 74.4 cm³/mol. The van der Waals surface area contributed by atoms with E-state index >= 15 is 0 Å². The molecule has 5 nitrogen and oxygen atoms in total. The predicted octanol–water partition coefficient (Wildman–Crippen LogP) is 2.08. The number of hydrogen-bond donors (Lipinski definition) is 1. The first kappa shape index (κ1) is 13.5. The topological polar surface area (TPSA) is 49.0 Å². The molecule has 0 spiro atoms. The molecule has 1 aromatic carbocycles. The summed E-state index contributed by atoms with van der Waals surface area (Å²) in [5, 5.41) is 3.15. The van der Waals surface area contributed by atoms with Gasteiger partial charge in [-0.3, -0.25) is 0 Å². The second-order valence-corrected chi connectivity index (χ2v) is 5.14. The highest BCUT2D eigenvalue weighted by atomic mass is 16.7. The van der Waals surface area contributed by atoms with Crippen LogP contribution in [-0.2, 0) is 11.3 Å². The van der Waals surface area contributed by atoms with Crippen LogP contribution in [0, 0.1) is 0 Å². The van der Waals surface area contributed by atoms with E-state index in [1.54, 1.807) is 0 Å². The highest BCUT2D eigenvalue weighted by molar-refractivity contribution is 5.51. The van der Waals surface area contributed by atoms with E-state index in [4.69, 9.17) is 18.9 Å². The van der Waals surface area contributed by atoms with E-state index in [1.165, 1.54) is 6.42 Å². The average molecular weight is 279 g/mol. The molecule has 0 aromatic heterocycles. The van der Waals surface area contributed by atoms with Gasteiger partial charge in [0.2, 0.25) is 6.79 Å². The third-order valence-corrected chi connectivity index (χ3v) is 3.62. The minimum atomic E-state index is 0.205. The lowest BCUT2D eigenvalue weighted by molar-refractivity contribution is -0.0112. The quantitative estimate of drug-likeness (QED) is 0.894. The molecule has 1 saturated heterocycles. The first-order valence-corrected chi connectivity index (χ1v) is 7.18. The van der Waals surface area contributed by atoms with Gasteiger partial charge in [0.1, 0.15) is 12.4 Å². The molecule has 1 N–H and O–H groups in total. The molecule has 1 fully saturated rings. The maximum absolute atomic E-state index is 5.95. The monoisotopic (exact) mass is 279 g/mol. The van der Waals surface area contributed by atoms with Crippen LogP contribution < -0.4 is 19.5 Å². The second kappa shape index (κ2) is 6.33. The van der Waals surface area contributed by atoms with Crippen LogP contribution in [0.5, 0.6) is 17.2 Å². The van der Waals surface area contributed by atoms with Crippen molar-refractivity contribution >= 4 is 0 Å². The Labute approximate surface area is 119 Å². The summed E-state index contributed by atoms with van der Waals surface area (Å²) in [6.07, 6.45) is 3.66. The number of rotatable bonds is 5. The zero-order chi connectivity index (χ0) is 13.8. The van der Waals surface area contributed by atoms with Crippen LogP contribution in [0.1, 0.15) is 24.8 Å². The summed E-state index contributed by atoms with van der Waals surface area (Å²) < 4.78 is 22.5. The number of hydrogen-bond acceptors (Lipinski definition) is 5. The van der Waals surface area contributed by atoms with Crippen molar-refractivity contribution in [3.8, 4) is 17.2 Å². The first-order chi connectivity index (χ1) is 9.86. The van der Waals surface area contributed by atoms with Crippen LogP contribution in [0.4, 0.5) is 0 Å². The van der Waals surface area contributed by atoms with Crippen molar-refractivity contribution in [2.75, 3.05) is 27.1 Å². The number of fused-ring (bicyclic) bond motifs is 1. The molecule has 110 valence electrons. The van der Waals surface area contributed by atoms with Gasteiger partial charge in [0, 0.05) is 24.8 Å². The van der Waals surface area contributed by atoms with Crippen molar-refractivity contribution in [3.05, 3.63) is 17.7 Å². The Hall–Kier alpha value is -1.46. The van der Waals surface area contributed by atoms with E-state index in [9.17, 15) is 0 Å². The minimum absolute atomic E-state index is 0.205. The summed E-state index contributed by atoms with van der Waals surface area (Å²) in [5.41, 5.74) is 1.08. The molecular formula is C15H21NO4. The van der Waals surface area contributed by atoms with Crippen molar-refractivity contribution < 1.29 is 18.9 Å². The van der Waals surface area contributed by atoms with Gasteiger partial charge in [-0.1, -0.05) is 0 Å². The fourth-order valence-electron chi connectivity index (χ4n) is 2.55. The lowest BCUT2D eigenvalue weighted by atomic mass is 10.1. The van der Waals surface area contributed by atoms with Gasteiger partial charge in [0.25, 0.3) is 0 Å². The second-order valence-electron chi connectivity index (χ2n) is 5.14. The van der Waals surface area contributed by atoms with Crippen molar-refractivity contribution in [1.29, 1.82) is 0 Å². The fourth-order valence-corrected chi connectivity index (χ4v) is 2.55. The van der Waals surface area contributed by atoms with E-state index in [0.717, 1.165) is 48.8 Å². The highest BCUT2D eigenvalue weighted by Gasteiger charge is 2.20. The number of nitrogens with one attached hydrogen (secondary N) is 1. The zero-order valence-corrected chi connectivity index (χ0v) is 11.8. The molecule has 2 aliphatic heterocycles. The molecule has 0 amide bonds. The van der Waals surface area contributed by atoms with Crippen LogP contribution in [0.15, 0.2) is 12.1 Å². The van der Waals surface area contributed by atoms with E-state index < -0.39 is 0 Å². The summed E-state index contributed by atoms with van der Waals surface area (Å²) in [6, 6.07) is 3.90. The van der Waals surface area contributed by atoms with Crippen LogP contribution in [-0.4, -0.2) is 33.2 Å². The molecule has 2 aliphatic rings. The van der Waals surface area contributed by atoms with Crippen molar-refractivity contribution in [2.24, 2.45) is 0 Å². The minimum Gasteiger partial charge on any atom is -0.490 e. The summed E-state index contributed by atoms with van der Waals surface area (Å²) >= 11 is 0. The molecule has 0 bridgehead atoms. The Kier molecular flexibility index (Phi) is 4.28. The molecule has 0 saturated carbocycles. The van der Waals surface area contributed by atoms with Crippen LogP contribution in [0.3, 0.4) is 0 Å². The standard InChI is InChI=1S/C15H21NO4/c1-16-8-11-6-14-15(20-10-19-14)7-13(11)18-9-12-4-2-3-5-17-12/h6-7,12,16H,2-5,8-10H2,1H3. The van der Waals surface area contributed by atoms with Crippen LogP contribution in [0.25, 0.3) is 0 Å². The summed E-state index contributed by atoms with van der Waals surface area (Å²) in [5.74, 6) is 2.39. The van der Waals surface area contributed by atoms with Gasteiger partial charge < -0.3 is 24.3 Å². The molecule has 0 aliphatic carbocycles. The van der Waals surface area contributed by atoms with Gasteiger partial charge in [-0.15, -0.1) is 0 Å². The molecule has 0 radical (unpaired) electrons. The molecule has 5 heteroatoms. The molecule has 1 atom stereocenters. The highest BCUT2D eigenvalue weighted by Crippen LogP contribution is 2.38. The average Bonchev–Trinajstić information content (AvgIpc) is 2.93. The van der Waals surface area contributed by atoms with Gasteiger partial charge >= 0.3 is 0 Å². The normalized spacial score (nSPS) is 20.9. The van der Waals surface area contributed by atoms with E-state index in [0.29, 0.717) is 6.61 Å². The SMILES string of the molecule is CNCc1cc2c(cc1OCC1CCCCO1)OCO2. The van der Waals surface area contributed by atoms with Crippen LogP contribution in [0.2, 0.25) is 0 Å². The maximum atomic E-state index is 5.95. The largest absolute Gasteiger partial charge is 0.490 e. The van der Waals surface area contributed by atoms with Crippen molar-refractivity contribution in [3.63, 3.8) is 0 Å². The number of benzene rings is 1. The Morgan fingerprint density at radius 3 is 2.85 bits per heavy atom. The Morgan fingerprint density at radius 1 is 1.25 bits per heavy atom. The summed E-state index contributed by atoms with van der Waals surface area (Å²) in [6.45, 7) is 2.45. The van der Waals surface area contributed by atoms with Crippen molar-refractivity contribution in [1.82, 2.24) is 5.32 Å². The Morgan fingerprint density at radius 2 is 2.10 bits per heavy atom. The van der Waals surface area contributed by atoms with Crippen LogP contribution >= 0.6 is 0 Å². The molecule has 2 heterocycles. The van der Waals surface area contributed by atoms with Gasteiger partial charge in [0.05, 0.1) is 6.10 Å². The molecule has 3 rings (SSSR count). The molecular weight excluding hydrogens is 258 g/mol. The zero-order valence-electron chi connectivity index (χ0n) is 11.8. The molecule has 1 unspecified atom stereocenters. The number of ether oxygens (including phenoxy) is 4. The van der Waals surface area contributed by atoms with Gasteiger partial charge in [-0.25, -0.2) is 0 Å². The van der Waals surface area contributed by atoms with Gasteiger partial charge in [-0.05, 0) is 32.4 Å². The lowest BCUT2D eigenvalue weighted by Gasteiger charge is -2.23. The smallest absolute Gasteiger partial charge is 0.231 e. The summed E-state index contributed by atoms with van der Waals surface area (Å²) in [7, 11) is 1.92. The van der Waals surface area contributed by atoms with Gasteiger partial charge in [0.15, 0.2) is 11.5 Å². The first-order valence-electron chi connectivity index (χ1n) is 7.18. The Balaban J connectivity index is 1.70. The molecule has 20 heavy (non-hydrogen) atoms. The van der Waals surface area contributed by atoms with E-state index in [2.05, 4.69) is 5.32 Å². The lowest BCUT2D eigenvalue weighted by Crippen LogP contribution is -2.26. The fraction of sp³-hybridized carbons (Fsp3) is 0.600. The van der Waals surface area contributed by atoms with E-state index in [-0.39, 0.29) is 12.9 Å². The molecule has 1 aromatic rings. The Bertz CT molecular complexity index is 457. The third kappa shape index (κ3) is 2.99. The summed E-state index contributed by atoms with van der Waals surface area (Å²) in [4.78, 5) is 0. The third-order valence-electron chi connectivity index (χ3n) is 3.62. The van der Waals surface area contributed by atoms with E-state index in [1.807, 2.05) is 19.2 Å².